The smallest absolute Gasteiger partial charge is 0.143 e. The van der Waals surface area contributed by atoms with Crippen LogP contribution < -0.4 is 0 Å². The first kappa shape index (κ1) is 30.3. The van der Waals surface area contributed by atoms with Gasteiger partial charge in [0.15, 0.2) is 0 Å². The van der Waals surface area contributed by atoms with Crippen LogP contribution in [0.5, 0.6) is 0 Å². The molecule has 0 N–H and O–H groups in total. The van der Waals surface area contributed by atoms with Gasteiger partial charge in [0.25, 0.3) is 0 Å². The molecule has 0 aliphatic rings. The summed E-state index contributed by atoms with van der Waals surface area (Å²) in [5, 5.41) is 17.4. The lowest BCUT2D eigenvalue weighted by molar-refractivity contribution is 0.672. The van der Waals surface area contributed by atoms with Crippen LogP contribution in [0.4, 0.5) is 0 Å². The maximum Gasteiger partial charge on any atom is 0.143 e. The predicted molar refractivity (Wildman–Crippen MR) is 235 cm³/mol. The Morgan fingerprint density at radius 3 is 1.25 bits per heavy atom. The number of rotatable bonds is 3. The first-order valence-corrected chi connectivity index (χ1v) is 19.0. The number of furan rings is 1. The van der Waals surface area contributed by atoms with Crippen molar-refractivity contribution in [1.82, 2.24) is 0 Å². The van der Waals surface area contributed by atoms with E-state index in [-0.39, 0.29) is 0 Å². The third-order valence-corrected chi connectivity index (χ3v) is 11.8. The molecule has 0 spiro atoms. The van der Waals surface area contributed by atoms with Gasteiger partial charge in [-0.1, -0.05) is 176 Å². The van der Waals surface area contributed by atoms with E-state index in [0.29, 0.717) is 0 Å². The summed E-state index contributed by atoms with van der Waals surface area (Å²) in [5.41, 5.74) is 9.24. The summed E-state index contributed by atoms with van der Waals surface area (Å²) in [6, 6.07) is 71.1. The van der Waals surface area contributed by atoms with E-state index in [1.807, 2.05) is 6.07 Å². The van der Waals surface area contributed by atoms with Crippen LogP contribution >= 0.6 is 0 Å². The van der Waals surface area contributed by atoms with Crippen molar-refractivity contribution in [3.63, 3.8) is 0 Å². The molecule has 0 atom stereocenters. The van der Waals surface area contributed by atoms with Gasteiger partial charge >= 0.3 is 0 Å². The van der Waals surface area contributed by atoms with Gasteiger partial charge in [-0.25, -0.2) is 0 Å². The summed E-state index contributed by atoms with van der Waals surface area (Å²) in [6.45, 7) is 0. The van der Waals surface area contributed by atoms with Crippen molar-refractivity contribution >= 4 is 86.6 Å². The molecule has 1 heteroatoms. The van der Waals surface area contributed by atoms with Crippen LogP contribution in [0, 0.1) is 0 Å². The molecule has 0 amide bonds. The van der Waals surface area contributed by atoms with Gasteiger partial charge in [-0.15, -0.1) is 0 Å². The molecule has 254 valence electrons. The molecule has 0 saturated carbocycles. The molecule has 0 radical (unpaired) electrons. The van der Waals surface area contributed by atoms with Crippen molar-refractivity contribution in [2.24, 2.45) is 0 Å². The molecule has 12 rings (SSSR count). The summed E-state index contributed by atoms with van der Waals surface area (Å²) in [6.07, 6.45) is 0. The Balaban J connectivity index is 1.07. The highest BCUT2D eigenvalue weighted by Gasteiger charge is 2.21. The Hall–Kier alpha value is -7.22. The normalized spacial score (nSPS) is 12.0. The van der Waals surface area contributed by atoms with E-state index in [1.165, 1.54) is 92.6 Å². The van der Waals surface area contributed by atoms with E-state index in [0.717, 1.165) is 27.3 Å². The minimum absolute atomic E-state index is 0.916. The largest absolute Gasteiger partial charge is 0.455 e. The Kier molecular flexibility index (Phi) is 6.40. The Morgan fingerprint density at radius 2 is 0.655 bits per heavy atom. The van der Waals surface area contributed by atoms with Gasteiger partial charge in [-0.3, -0.25) is 0 Å². The van der Waals surface area contributed by atoms with E-state index in [2.05, 4.69) is 188 Å². The number of para-hydroxylation sites is 1. The quantitative estimate of drug-likeness (QED) is 0.132. The molecule has 0 aliphatic carbocycles. The van der Waals surface area contributed by atoms with Crippen molar-refractivity contribution in [2.75, 3.05) is 0 Å². The zero-order valence-electron chi connectivity index (χ0n) is 29.9. The van der Waals surface area contributed by atoms with Gasteiger partial charge in [0.2, 0.25) is 0 Å². The number of fused-ring (bicyclic) bond motifs is 13. The molecule has 0 aliphatic heterocycles. The average molecular weight is 697 g/mol. The zero-order chi connectivity index (χ0) is 36.0. The molecule has 0 unspecified atom stereocenters. The van der Waals surface area contributed by atoms with Crippen molar-refractivity contribution in [1.29, 1.82) is 0 Å². The number of benzene rings is 11. The standard InChI is InChI=1S/C54H32O/c1-2-15-38-36(13-1)37-14-3-4-16-39(37)48-31-35(29-30-41(38)48)33-25-27-34(28-26-33)52-43-19-6-8-21-45(43)53(46-22-9-7-20-44(46)52)49-32-50-42-18-11-12-24-51(42)55-54(50)47-23-10-5-17-40(47)49/h1-32H. The molecule has 0 bridgehead atoms. The highest BCUT2D eigenvalue weighted by atomic mass is 16.3. The third kappa shape index (κ3) is 4.41. The lowest BCUT2D eigenvalue weighted by Gasteiger charge is -2.19. The Labute approximate surface area is 317 Å². The molecular weight excluding hydrogens is 665 g/mol. The fraction of sp³-hybridized carbons (Fsp3) is 0. The minimum atomic E-state index is 0.916. The van der Waals surface area contributed by atoms with Crippen LogP contribution in [0.25, 0.3) is 120 Å². The Morgan fingerprint density at radius 1 is 0.236 bits per heavy atom. The third-order valence-electron chi connectivity index (χ3n) is 11.8. The summed E-state index contributed by atoms with van der Waals surface area (Å²) in [4.78, 5) is 0. The molecule has 55 heavy (non-hydrogen) atoms. The summed E-state index contributed by atoms with van der Waals surface area (Å²) >= 11 is 0. The first-order chi connectivity index (χ1) is 27.3. The highest BCUT2D eigenvalue weighted by Crippen LogP contribution is 2.48. The van der Waals surface area contributed by atoms with Crippen molar-refractivity contribution in [3.8, 4) is 33.4 Å². The topological polar surface area (TPSA) is 13.1 Å². The second-order valence-corrected chi connectivity index (χ2v) is 14.7. The van der Waals surface area contributed by atoms with E-state index >= 15 is 0 Å². The second kappa shape index (κ2) is 11.6. The van der Waals surface area contributed by atoms with Gasteiger partial charge in [0, 0.05) is 16.2 Å². The van der Waals surface area contributed by atoms with Crippen molar-refractivity contribution in [2.45, 2.75) is 0 Å². The lowest BCUT2D eigenvalue weighted by Crippen LogP contribution is -1.92. The number of hydrogen-bond donors (Lipinski definition) is 0. The van der Waals surface area contributed by atoms with Gasteiger partial charge in [0.1, 0.15) is 11.2 Å². The van der Waals surface area contributed by atoms with Crippen LogP contribution in [0.15, 0.2) is 199 Å². The first-order valence-electron chi connectivity index (χ1n) is 19.0. The highest BCUT2D eigenvalue weighted by molar-refractivity contribution is 6.28. The van der Waals surface area contributed by atoms with Crippen LogP contribution in [-0.2, 0) is 0 Å². The number of hydrogen-bond acceptors (Lipinski definition) is 1. The maximum atomic E-state index is 6.51. The predicted octanol–water partition coefficient (Wildman–Crippen LogP) is 15.5. The molecule has 0 saturated heterocycles. The van der Waals surface area contributed by atoms with Crippen molar-refractivity contribution in [3.05, 3.63) is 194 Å². The minimum Gasteiger partial charge on any atom is -0.455 e. The van der Waals surface area contributed by atoms with E-state index in [9.17, 15) is 0 Å². The second-order valence-electron chi connectivity index (χ2n) is 14.7. The fourth-order valence-corrected chi connectivity index (χ4v) is 9.40. The van der Waals surface area contributed by atoms with Crippen LogP contribution in [-0.4, -0.2) is 0 Å². The SMILES string of the molecule is c1ccc2c(c1)oc1c3ccccc3c(-c3c4ccccc4c(-c4ccc(-c5ccc6c7ccccc7c7ccccc7c6c5)cc4)c4ccccc34)cc21. The molecule has 11 aromatic carbocycles. The Bertz CT molecular complexity index is 3440. The van der Waals surface area contributed by atoms with Crippen LogP contribution in [0.3, 0.4) is 0 Å². The monoisotopic (exact) mass is 696 g/mol. The maximum absolute atomic E-state index is 6.51. The van der Waals surface area contributed by atoms with E-state index in [4.69, 9.17) is 4.42 Å². The van der Waals surface area contributed by atoms with Gasteiger partial charge in [-0.2, -0.15) is 0 Å². The van der Waals surface area contributed by atoms with Gasteiger partial charge < -0.3 is 4.42 Å². The van der Waals surface area contributed by atoms with Gasteiger partial charge in [0.05, 0.1) is 0 Å². The zero-order valence-corrected chi connectivity index (χ0v) is 29.9. The molecule has 0 fully saturated rings. The average Bonchev–Trinajstić information content (AvgIpc) is 3.64. The van der Waals surface area contributed by atoms with Gasteiger partial charge in [-0.05, 0) is 111 Å². The van der Waals surface area contributed by atoms with E-state index in [1.54, 1.807) is 0 Å². The lowest BCUT2D eigenvalue weighted by atomic mass is 9.84. The van der Waals surface area contributed by atoms with E-state index < -0.39 is 0 Å². The summed E-state index contributed by atoms with van der Waals surface area (Å²) in [7, 11) is 0. The molecule has 1 nitrogen and oxygen atoms in total. The van der Waals surface area contributed by atoms with Crippen LogP contribution in [0.1, 0.15) is 0 Å². The fourth-order valence-electron chi connectivity index (χ4n) is 9.40. The van der Waals surface area contributed by atoms with Crippen LogP contribution in [0.2, 0.25) is 0 Å². The molecule has 1 aromatic heterocycles. The van der Waals surface area contributed by atoms with Crippen molar-refractivity contribution < 1.29 is 4.42 Å². The molecule has 12 aromatic rings. The summed E-state index contributed by atoms with van der Waals surface area (Å²) < 4.78 is 6.51. The molecule has 1 heterocycles. The molecular formula is C54H32O. The summed E-state index contributed by atoms with van der Waals surface area (Å²) in [5.74, 6) is 0.